The molecular formula is C18H18Cl2N6. The number of piperazine rings is 1. The molecule has 2 unspecified atom stereocenters. The summed E-state index contributed by atoms with van der Waals surface area (Å²) in [5, 5.41) is 9.73. The summed E-state index contributed by atoms with van der Waals surface area (Å²) in [6.07, 6.45) is 4.90. The number of rotatable bonds is 3. The van der Waals surface area contributed by atoms with Gasteiger partial charge in [-0.3, -0.25) is 9.30 Å². The molecule has 2 atom stereocenters. The third-order valence-electron chi connectivity index (χ3n) is 5.47. The summed E-state index contributed by atoms with van der Waals surface area (Å²) < 4.78 is 2.00. The first kappa shape index (κ1) is 16.3. The minimum absolute atomic E-state index is 0.457. The molecule has 2 aliphatic heterocycles. The van der Waals surface area contributed by atoms with Crippen LogP contribution < -0.4 is 4.90 Å². The number of benzene rings is 1. The van der Waals surface area contributed by atoms with Gasteiger partial charge in [-0.1, -0.05) is 29.3 Å². The van der Waals surface area contributed by atoms with Crippen LogP contribution in [0.15, 0.2) is 30.6 Å². The molecule has 0 aliphatic carbocycles. The number of aryl methyl sites for hydroxylation is 1. The molecule has 6 nitrogen and oxygen atoms in total. The molecule has 0 amide bonds. The van der Waals surface area contributed by atoms with Crippen molar-refractivity contribution in [3.05, 3.63) is 52.0 Å². The maximum atomic E-state index is 6.16. The first-order valence-electron chi connectivity index (χ1n) is 8.71. The Morgan fingerprint density at radius 3 is 2.77 bits per heavy atom. The van der Waals surface area contributed by atoms with Crippen LogP contribution in [-0.4, -0.2) is 49.7 Å². The molecule has 26 heavy (non-hydrogen) atoms. The highest BCUT2D eigenvalue weighted by Crippen LogP contribution is 2.36. The molecule has 8 heteroatoms. The van der Waals surface area contributed by atoms with Gasteiger partial charge in [0.05, 0.1) is 10.0 Å². The zero-order chi connectivity index (χ0) is 17.8. The standard InChI is InChI=1S/C18H18Cl2N6/c1-11-22-23-18-17(21-4-5-25(11)18)26-10-13-7-14(26)9-24(13)8-12-2-3-15(19)16(20)6-12/h2-6,13-14H,7-10H2,1H3. The summed E-state index contributed by atoms with van der Waals surface area (Å²) in [4.78, 5) is 9.52. The van der Waals surface area contributed by atoms with Crippen molar-refractivity contribution in [1.29, 1.82) is 0 Å². The zero-order valence-electron chi connectivity index (χ0n) is 14.3. The molecule has 3 aromatic rings. The largest absolute Gasteiger partial charge is 0.348 e. The Morgan fingerprint density at radius 1 is 1.12 bits per heavy atom. The molecule has 0 radical (unpaired) electrons. The lowest BCUT2D eigenvalue weighted by Gasteiger charge is -2.34. The first-order chi connectivity index (χ1) is 12.6. The van der Waals surface area contributed by atoms with E-state index in [-0.39, 0.29) is 0 Å². The lowest BCUT2D eigenvalue weighted by atomic mass is 10.2. The summed E-state index contributed by atoms with van der Waals surface area (Å²) in [6, 6.07) is 6.87. The molecule has 0 spiro atoms. The van der Waals surface area contributed by atoms with Crippen molar-refractivity contribution in [3.8, 4) is 0 Å². The van der Waals surface area contributed by atoms with E-state index in [0.29, 0.717) is 22.1 Å². The highest BCUT2D eigenvalue weighted by atomic mass is 35.5. The van der Waals surface area contributed by atoms with Crippen LogP contribution in [-0.2, 0) is 6.54 Å². The molecule has 2 bridgehead atoms. The Morgan fingerprint density at radius 2 is 2.00 bits per heavy atom. The number of hydrogen-bond donors (Lipinski definition) is 0. The zero-order valence-corrected chi connectivity index (χ0v) is 15.8. The summed E-state index contributed by atoms with van der Waals surface area (Å²) in [6.45, 7) is 4.83. The van der Waals surface area contributed by atoms with Gasteiger partial charge in [-0.05, 0) is 31.0 Å². The van der Waals surface area contributed by atoms with Crippen LogP contribution in [0, 0.1) is 6.92 Å². The Balaban J connectivity index is 1.36. The van der Waals surface area contributed by atoms with Gasteiger partial charge in [-0.15, -0.1) is 10.2 Å². The van der Waals surface area contributed by atoms with Gasteiger partial charge in [0.1, 0.15) is 5.82 Å². The van der Waals surface area contributed by atoms with Crippen LogP contribution in [0.3, 0.4) is 0 Å². The van der Waals surface area contributed by atoms with Gasteiger partial charge in [-0.25, -0.2) is 4.98 Å². The number of anilines is 1. The maximum Gasteiger partial charge on any atom is 0.203 e. The highest BCUT2D eigenvalue weighted by Gasteiger charge is 2.44. The number of fused-ring (bicyclic) bond motifs is 3. The van der Waals surface area contributed by atoms with Crippen LogP contribution in [0.25, 0.3) is 5.65 Å². The van der Waals surface area contributed by atoms with E-state index in [9.17, 15) is 0 Å². The monoisotopic (exact) mass is 388 g/mol. The topological polar surface area (TPSA) is 49.6 Å². The van der Waals surface area contributed by atoms with Gasteiger partial charge < -0.3 is 4.90 Å². The quantitative estimate of drug-likeness (QED) is 0.689. The molecule has 2 saturated heterocycles. The Kier molecular flexibility index (Phi) is 3.81. The van der Waals surface area contributed by atoms with Crippen molar-refractivity contribution in [1.82, 2.24) is 24.5 Å². The second-order valence-electron chi connectivity index (χ2n) is 7.07. The Labute approximate surface area is 161 Å². The highest BCUT2D eigenvalue weighted by molar-refractivity contribution is 6.42. The van der Waals surface area contributed by atoms with E-state index < -0.39 is 0 Å². The van der Waals surface area contributed by atoms with Gasteiger partial charge in [0.15, 0.2) is 5.82 Å². The van der Waals surface area contributed by atoms with Crippen LogP contribution in [0.4, 0.5) is 5.82 Å². The summed E-state index contributed by atoms with van der Waals surface area (Å²) in [7, 11) is 0. The fourth-order valence-corrected chi connectivity index (χ4v) is 4.53. The smallest absolute Gasteiger partial charge is 0.203 e. The third kappa shape index (κ3) is 2.55. The van der Waals surface area contributed by atoms with Crippen molar-refractivity contribution in [2.45, 2.75) is 32.0 Å². The van der Waals surface area contributed by atoms with Crippen LogP contribution in [0.5, 0.6) is 0 Å². The van der Waals surface area contributed by atoms with Gasteiger partial charge >= 0.3 is 0 Å². The Hall–Kier alpha value is -1.89. The number of nitrogens with zero attached hydrogens (tertiary/aromatic N) is 6. The van der Waals surface area contributed by atoms with E-state index in [4.69, 9.17) is 23.2 Å². The summed E-state index contributed by atoms with van der Waals surface area (Å²) in [5.74, 6) is 1.82. The average molecular weight is 389 g/mol. The van der Waals surface area contributed by atoms with E-state index >= 15 is 0 Å². The minimum atomic E-state index is 0.457. The molecule has 2 aromatic heterocycles. The third-order valence-corrected chi connectivity index (χ3v) is 6.21. The second kappa shape index (κ2) is 6.08. The van der Waals surface area contributed by atoms with Crippen LogP contribution in [0.2, 0.25) is 10.0 Å². The van der Waals surface area contributed by atoms with E-state index in [2.05, 4.69) is 31.0 Å². The van der Waals surface area contributed by atoms with Crippen LogP contribution in [0.1, 0.15) is 17.8 Å². The fraction of sp³-hybridized carbons (Fsp3) is 0.389. The molecular weight excluding hydrogens is 371 g/mol. The maximum absolute atomic E-state index is 6.16. The number of hydrogen-bond acceptors (Lipinski definition) is 5. The predicted molar refractivity (Wildman–Crippen MR) is 102 cm³/mol. The SMILES string of the molecule is Cc1nnc2c(N3CC4CC3CN4Cc3ccc(Cl)c(Cl)c3)nccn12. The number of likely N-dealkylation sites (tertiary alicyclic amines) is 1. The first-order valence-corrected chi connectivity index (χ1v) is 9.46. The lowest BCUT2D eigenvalue weighted by molar-refractivity contribution is 0.230. The molecule has 4 heterocycles. The Bertz CT molecular complexity index is 987. The van der Waals surface area contributed by atoms with Crippen molar-refractivity contribution < 1.29 is 0 Å². The normalized spacial score (nSPS) is 22.7. The van der Waals surface area contributed by atoms with Gasteiger partial charge in [-0.2, -0.15) is 0 Å². The molecule has 5 rings (SSSR count). The van der Waals surface area contributed by atoms with Gasteiger partial charge in [0, 0.05) is 44.1 Å². The van der Waals surface area contributed by atoms with Gasteiger partial charge in [0.2, 0.25) is 5.65 Å². The molecule has 1 aromatic carbocycles. The minimum Gasteiger partial charge on any atom is -0.348 e. The number of aromatic nitrogens is 4. The predicted octanol–water partition coefficient (Wildman–Crippen LogP) is 3.20. The van der Waals surface area contributed by atoms with E-state index in [1.165, 1.54) is 5.56 Å². The lowest BCUT2D eigenvalue weighted by Crippen LogP contribution is -2.46. The van der Waals surface area contributed by atoms with E-state index in [1.807, 2.05) is 35.9 Å². The average Bonchev–Trinajstić information content (AvgIpc) is 3.32. The molecule has 0 saturated carbocycles. The second-order valence-corrected chi connectivity index (χ2v) is 7.88. The molecule has 2 aliphatic rings. The molecule has 2 fully saturated rings. The fourth-order valence-electron chi connectivity index (χ4n) is 4.21. The molecule has 134 valence electrons. The van der Waals surface area contributed by atoms with Crippen molar-refractivity contribution in [2.24, 2.45) is 0 Å². The number of halogens is 2. The van der Waals surface area contributed by atoms with Gasteiger partial charge in [0.25, 0.3) is 0 Å². The van der Waals surface area contributed by atoms with Crippen molar-refractivity contribution in [3.63, 3.8) is 0 Å². The van der Waals surface area contributed by atoms with Crippen molar-refractivity contribution >= 4 is 34.7 Å². The van der Waals surface area contributed by atoms with Crippen molar-refractivity contribution in [2.75, 3.05) is 18.0 Å². The summed E-state index contributed by atoms with van der Waals surface area (Å²) >= 11 is 12.2. The summed E-state index contributed by atoms with van der Waals surface area (Å²) in [5.41, 5.74) is 2.04. The van der Waals surface area contributed by atoms with Crippen LogP contribution >= 0.6 is 23.2 Å². The van der Waals surface area contributed by atoms with E-state index in [0.717, 1.165) is 43.3 Å². The van der Waals surface area contributed by atoms with E-state index in [1.54, 1.807) is 0 Å². The molecule has 0 N–H and O–H groups in total.